The Morgan fingerprint density at radius 1 is 1.46 bits per heavy atom. The van der Waals surface area contributed by atoms with Crippen molar-refractivity contribution < 1.29 is 4.79 Å². The van der Waals surface area contributed by atoms with Gasteiger partial charge in [-0.1, -0.05) is 36.2 Å². The molecule has 0 aromatic heterocycles. The summed E-state index contributed by atoms with van der Waals surface area (Å²) >= 11 is 11.7. The van der Waals surface area contributed by atoms with E-state index in [2.05, 4.69) is 0 Å². The van der Waals surface area contributed by atoms with Gasteiger partial charge in [-0.3, -0.25) is 0 Å². The van der Waals surface area contributed by atoms with Gasteiger partial charge < -0.3 is 4.79 Å². The van der Waals surface area contributed by atoms with Crippen molar-refractivity contribution in [3.8, 4) is 0 Å². The summed E-state index contributed by atoms with van der Waals surface area (Å²) in [7, 11) is 0. The summed E-state index contributed by atoms with van der Waals surface area (Å²) in [5.74, 6) is -0.00123. The highest BCUT2D eigenvalue weighted by Gasteiger charge is 2.05. The van der Waals surface area contributed by atoms with E-state index in [4.69, 9.17) is 23.2 Å². The van der Waals surface area contributed by atoms with E-state index < -0.39 is 0 Å². The van der Waals surface area contributed by atoms with Gasteiger partial charge in [0, 0.05) is 16.0 Å². The first kappa shape index (κ1) is 10.6. The topological polar surface area (TPSA) is 17.1 Å². The Labute approximate surface area is 87.7 Å². The van der Waals surface area contributed by atoms with Crippen LogP contribution in [-0.4, -0.2) is 6.29 Å². The normalized spacial score (nSPS) is 12.5. The zero-order chi connectivity index (χ0) is 9.84. The van der Waals surface area contributed by atoms with E-state index in [9.17, 15) is 4.79 Å². The van der Waals surface area contributed by atoms with Crippen LogP contribution in [-0.2, 0) is 11.2 Å². The lowest BCUT2D eigenvalue weighted by molar-refractivity contribution is -0.110. The zero-order valence-corrected chi connectivity index (χ0v) is 8.77. The predicted octanol–water partition coefficient (Wildman–Crippen LogP) is 3.37. The molecule has 0 radical (unpaired) electrons. The van der Waals surface area contributed by atoms with Gasteiger partial charge in [0.1, 0.15) is 6.29 Å². The lowest BCUT2D eigenvalue weighted by Crippen LogP contribution is -2.00. The van der Waals surface area contributed by atoms with Crippen molar-refractivity contribution in [1.29, 1.82) is 0 Å². The third kappa shape index (κ3) is 3.02. The number of hydrogen-bond acceptors (Lipinski definition) is 1. The molecule has 1 nitrogen and oxygen atoms in total. The zero-order valence-electron chi connectivity index (χ0n) is 7.26. The third-order valence-corrected chi connectivity index (χ3v) is 2.38. The first-order chi connectivity index (χ1) is 6.13. The SMILES string of the molecule is CC(C=O)Cc1ccc(Cl)cc1Cl. The number of aldehydes is 1. The smallest absolute Gasteiger partial charge is 0.123 e. The van der Waals surface area contributed by atoms with Crippen LogP contribution in [0, 0.1) is 5.92 Å². The quantitative estimate of drug-likeness (QED) is 0.709. The number of carbonyl (C=O) groups is 1. The summed E-state index contributed by atoms with van der Waals surface area (Å²) in [5.41, 5.74) is 0.964. The molecule has 0 fully saturated rings. The van der Waals surface area contributed by atoms with Crippen LogP contribution in [0.2, 0.25) is 10.0 Å². The molecule has 0 bridgehead atoms. The minimum atomic E-state index is -0.00123. The molecule has 0 aliphatic heterocycles. The molecule has 0 heterocycles. The highest BCUT2D eigenvalue weighted by atomic mass is 35.5. The summed E-state index contributed by atoms with van der Waals surface area (Å²) in [6, 6.07) is 5.32. The van der Waals surface area contributed by atoms with Gasteiger partial charge in [0.05, 0.1) is 0 Å². The lowest BCUT2D eigenvalue weighted by Gasteiger charge is -2.06. The average molecular weight is 217 g/mol. The molecule has 13 heavy (non-hydrogen) atoms. The van der Waals surface area contributed by atoms with Gasteiger partial charge in [0.25, 0.3) is 0 Å². The minimum Gasteiger partial charge on any atom is -0.303 e. The maximum Gasteiger partial charge on any atom is 0.123 e. The molecule has 0 aliphatic rings. The molecule has 0 saturated carbocycles. The van der Waals surface area contributed by atoms with E-state index in [1.54, 1.807) is 12.1 Å². The van der Waals surface area contributed by atoms with Gasteiger partial charge >= 0.3 is 0 Å². The molecular weight excluding hydrogens is 207 g/mol. The number of rotatable bonds is 3. The van der Waals surface area contributed by atoms with E-state index in [-0.39, 0.29) is 5.92 Å². The van der Waals surface area contributed by atoms with Gasteiger partial charge in [-0.2, -0.15) is 0 Å². The van der Waals surface area contributed by atoms with Crippen molar-refractivity contribution in [2.45, 2.75) is 13.3 Å². The molecule has 1 atom stereocenters. The highest BCUT2D eigenvalue weighted by Crippen LogP contribution is 2.22. The first-order valence-corrected chi connectivity index (χ1v) is 4.78. The second kappa shape index (κ2) is 4.64. The van der Waals surface area contributed by atoms with Crippen molar-refractivity contribution >= 4 is 29.5 Å². The molecule has 1 unspecified atom stereocenters. The van der Waals surface area contributed by atoms with Crippen LogP contribution in [0.3, 0.4) is 0 Å². The fourth-order valence-corrected chi connectivity index (χ4v) is 1.57. The number of carbonyl (C=O) groups excluding carboxylic acids is 1. The summed E-state index contributed by atoms with van der Waals surface area (Å²) in [5, 5.41) is 1.24. The van der Waals surface area contributed by atoms with Crippen molar-refractivity contribution in [1.82, 2.24) is 0 Å². The Hall–Kier alpha value is -0.530. The van der Waals surface area contributed by atoms with E-state index in [0.29, 0.717) is 16.5 Å². The molecule has 3 heteroatoms. The van der Waals surface area contributed by atoms with E-state index in [1.165, 1.54) is 0 Å². The molecule has 1 aromatic carbocycles. The molecule has 0 N–H and O–H groups in total. The van der Waals surface area contributed by atoms with Crippen molar-refractivity contribution in [3.05, 3.63) is 33.8 Å². The molecule has 1 rings (SSSR count). The second-order valence-electron chi connectivity index (χ2n) is 3.05. The van der Waals surface area contributed by atoms with Gasteiger partial charge in [-0.15, -0.1) is 0 Å². The maximum atomic E-state index is 10.4. The molecule has 0 amide bonds. The Kier molecular flexibility index (Phi) is 3.76. The molecule has 0 spiro atoms. The Morgan fingerprint density at radius 2 is 2.15 bits per heavy atom. The van der Waals surface area contributed by atoms with Crippen molar-refractivity contribution in [3.63, 3.8) is 0 Å². The van der Waals surface area contributed by atoms with E-state index in [0.717, 1.165) is 11.8 Å². The largest absolute Gasteiger partial charge is 0.303 e. The third-order valence-electron chi connectivity index (χ3n) is 1.79. The Balaban J connectivity index is 2.83. The summed E-state index contributed by atoms with van der Waals surface area (Å²) in [4.78, 5) is 10.4. The van der Waals surface area contributed by atoms with E-state index >= 15 is 0 Å². The van der Waals surface area contributed by atoms with Crippen LogP contribution in [0.25, 0.3) is 0 Å². The van der Waals surface area contributed by atoms with Gasteiger partial charge in [0.15, 0.2) is 0 Å². The molecular formula is C10H10Cl2O. The van der Waals surface area contributed by atoms with Crippen LogP contribution < -0.4 is 0 Å². The van der Waals surface area contributed by atoms with Crippen LogP contribution in [0.4, 0.5) is 0 Å². The summed E-state index contributed by atoms with van der Waals surface area (Å²) < 4.78 is 0. The molecule has 70 valence electrons. The second-order valence-corrected chi connectivity index (χ2v) is 3.90. The minimum absolute atomic E-state index is 0.00123. The summed E-state index contributed by atoms with van der Waals surface area (Å²) in [6.45, 7) is 1.86. The predicted molar refractivity (Wildman–Crippen MR) is 55.4 cm³/mol. The Bertz CT molecular complexity index is 310. The average Bonchev–Trinajstić information content (AvgIpc) is 2.09. The van der Waals surface area contributed by atoms with Crippen LogP contribution in [0.15, 0.2) is 18.2 Å². The monoisotopic (exact) mass is 216 g/mol. The molecule has 0 aliphatic carbocycles. The number of halogens is 2. The first-order valence-electron chi connectivity index (χ1n) is 4.02. The number of benzene rings is 1. The fourth-order valence-electron chi connectivity index (χ4n) is 1.08. The Morgan fingerprint density at radius 3 is 2.69 bits per heavy atom. The fraction of sp³-hybridized carbons (Fsp3) is 0.300. The van der Waals surface area contributed by atoms with Gasteiger partial charge in [0.2, 0.25) is 0 Å². The van der Waals surface area contributed by atoms with Crippen molar-refractivity contribution in [2.75, 3.05) is 0 Å². The van der Waals surface area contributed by atoms with Crippen LogP contribution >= 0.6 is 23.2 Å². The van der Waals surface area contributed by atoms with Crippen LogP contribution in [0.5, 0.6) is 0 Å². The van der Waals surface area contributed by atoms with Gasteiger partial charge in [-0.25, -0.2) is 0 Å². The van der Waals surface area contributed by atoms with Crippen molar-refractivity contribution in [2.24, 2.45) is 5.92 Å². The van der Waals surface area contributed by atoms with E-state index in [1.807, 2.05) is 13.0 Å². The highest BCUT2D eigenvalue weighted by molar-refractivity contribution is 6.35. The standard InChI is InChI=1S/C10H10Cl2O/c1-7(6-13)4-8-2-3-9(11)5-10(8)12/h2-3,5-7H,4H2,1H3. The maximum absolute atomic E-state index is 10.4. The molecule has 0 saturated heterocycles. The van der Waals surface area contributed by atoms with Crippen LogP contribution in [0.1, 0.15) is 12.5 Å². The van der Waals surface area contributed by atoms with Gasteiger partial charge in [-0.05, 0) is 24.1 Å². The molecule has 1 aromatic rings. The lowest BCUT2D eigenvalue weighted by atomic mass is 10.0. The summed E-state index contributed by atoms with van der Waals surface area (Å²) in [6.07, 6.45) is 1.59. The number of hydrogen-bond donors (Lipinski definition) is 0.